The largest absolute Gasteiger partial charge is 0.300 e. The van der Waals surface area contributed by atoms with Crippen LogP contribution in [0.1, 0.15) is 12.5 Å². The second kappa shape index (κ2) is 15.1. The minimum atomic E-state index is 0.363. The van der Waals surface area contributed by atoms with Gasteiger partial charge in [-0.15, -0.1) is 0 Å². The zero-order valence-corrected chi connectivity index (χ0v) is 32.0. The smallest absolute Gasteiger partial charge is 0.0606 e. The van der Waals surface area contributed by atoms with Crippen molar-refractivity contribution in [3.8, 4) is 44.5 Å². The number of rotatable bonds is 9. The summed E-state index contributed by atoms with van der Waals surface area (Å²) in [4.78, 5) is 0. The first-order valence-electron chi connectivity index (χ1n) is 19.4. The maximum atomic E-state index is 8.50. The highest BCUT2D eigenvalue weighted by Gasteiger charge is 2.18. The van der Waals surface area contributed by atoms with Crippen molar-refractivity contribution < 1.29 is 0 Å². The van der Waals surface area contributed by atoms with Crippen LogP contribution < -0.4 is 0 Å². The van der Waals surface area contributed by atoms with E-state index < -0.39 is 0 Å². The Balaban J connectivity index is 1.22. The molecule has 0 saturated heterocycles. The molecule has 0 radical (unpaired) electrons. The Labute approximate surface area is 334 Å². The third kappa shape index (κ3) is 6.60. The van der Waals surface area contributed by atoms with Gasteiger partial charge in [0.15, 0.2) is 0 Å². The number of hydrogen-bond donors (Lipinski definition) is 1. The Morgan fingerprint density at radius 2 is 0.860 bits per heavy atom. The third-order valence-electron chi connectivity index (χ3n) is 11.1. The molecule has 0 bridgehead atoms. The van der Waals surface area contributed by atoms with E-state index in [-0.39, 0.29) is 0 Å². The molecule has 0 aliphatic heterocycles. The summed E-state index contributed by atoms with van der Waals surface area (Å²) in [7, 11) is 0. The average molecular weight is 728 g/mol. The molecule has 0 spiro atoms. The Morgan fingerprint density at radius 3 is 1.39 bits per heavy atom. The molecule has 0 aliphatic carbocycles. The minimum absolute atomic E-state index is 0.363. The van der Waals surface area contributed by atoms with E-state index in [0.29, 0.717) is 11.3 Å². The van der Waals surface area contributed by atoms with Crippen LogP contribution in [0.5, 0.6) is 0 Å². The highest BCUT2D eigenvalue weighted by atomic mass is 14.4. The Bertz CT molecular complexity index is 3090. The molecule has 0 amide bonds. The lowest BCUT2D eigenvalue weighted by Crippen LogP contribution is -1.94. The van der Waals surface area contributed by atoms with Crippen molar-refractivity contribution in [1.82, 2.24) is 0 Å². The van der Waals surface area contributed by atoms with Crippen molar-refractivity contribution in [1.29, 1.82) is 5.41 Å². The second-order valence-corrected chi connectivity index (χ2v) is 14.6. The van der Waals surface area contributed by atoms with E-state index in [9.17, 15) is 0 Å². The topological polar surface area (TPSA) is 23.9 Å². The molecule has 9 rings (SSSR count). The van der Waals surface area contributed by atoms with Gasteiger partial charge in [-0.3, -0.25) is 0 Å². The molecule has 0 heterocycles. The van der Waals surface area contributed by atoms with Gasteiger partial charge in [0.05, 0.1) is 5.71 Å². The lowest BCUT2D eigenvalue weighted by molar-refractivity contribution is 1.51. The summed E-state index contributed by atoms with van der Waals surface area (Å²) in [6.45, 7) is 10.4. The molecule has 0 fully saturated rings. The zero-order valence-electron chi connectivity index (χ0n) is 32.0. The van der Waals surface area contributed by atoms with Gasteiger partial charge in [0, 0.05) is 0 Å². The quantitative estimate of drug-likeness (QED) is 0.0870. The van der Waals surface area contributed by atoms with Crippen LogP contribution in [0.25, 0.3) is 93.2 Å². The van der Waals surface area contributed by atoms with Crippen molar-refractivity contribution in [3.05, 3.63) is 225 Å². The number of allylic oxidation sites excluding steroid dienone is 6. The van der Waals surface area contributed by atoms with Crippen LogP contribution in [0.4, 0.5) is 0 Å². The maximum absolute atomic E-state index is 8.50. The van der Waals surface area contributed by atoms with E-state index in [1.54, 1.807) is 6.08 Å². The summed E-state index contributed by atoms with van der Waals surface area (Å²) in [6.07, 6.45) is 7.46. The number of benzene rings is 9. The summed E-state index contributed by atoms with van der Waals surface area (Å²) in [6, 6.07) is 63.8. The molecule has 1 N–H and O–H groups in total. The van der Waals surface area contributed by atoms with Gasteiger partial charge in [-0.05, 0) is 123 Å². The number of fused-ring (bicyclic) bond motifs is 4. The predicted molar refractivity (Wildman–Crippen MR) is 248 cm³/mol. The van der Waals surface area contributed by atoms with Gasteiger partial charge in [0.25, 0.3) is 0 Å². The molecular formula is C56H41N. The van der Waals surface area contributed by atoms with Crippen molar-refractivity contribution in [2.45, 2.75) is 6.92 Å². The van der Waals surface area contributed by atoms with Gasteiger partial charge >= 0.3 is 0 Å². The first-order valence-corrected chi connectivity index (χ1v) is 19.4. The standard InChI is InChI=1S/C56H41N/c1-4-13-38(3)54(57)35-24-37(2)45-33-34-52-53(36-45)56(44-31-27-42(28-32-44)49-23-12-17-40-15-6-8-19-47(40)49)51-21-10-9-20-50(51)55(52)43-29-25-41(26-30-43)48-22-11-16-39-14-5-7-18-46(39)48/h4-36,57H,2-3H2,1H3/b13-4-,35-24-,57-54?. The molecule has 9 aromatic carbocycles. The molecule has 0 aliphatic rings. The fourth-order valence-corrected chi connectivity index (χ4v) is 8.27. The highest BCUT2D eigenvalue weighted by molar-refractivity contribution is 6.22. The minimum Gasteiger partial charge on any atom is -0.300 e. The van der Waals surface area contributed by atoms with Gasteiger partial charge in [-0.2, -0.15) is 0 Å². The summed E-state index contributed by atoms with van der Waals surface area (Å²) in [5.41, 5.74) is 12.4. The van der Waals surface area contributed by atoms with Crippen molar-refractivity contribution >= 4 is 54.4 Å². The van der Waals surface area contributed by atoms with Gasteiger partial charge in [-0.1, -0.05) is 201 Å². The first-order chi connectivity index (χ1) is 28.0. The fourth-order valence-electron chi connectivity index (χ4n) is 8.27. The summed E-state index contributed by atoms with van der Waals surface area (Å²) >= 11 is 0. The highest BCUT2D eigenvalue weighted by Crippen LogP contribution is 2.45. The maximum Gasteiger partial charge on any atom is 0.0606 e. The second-order valence-electron chi connectivity index (χ2n) is 14.6. The Kier molecular flexibility index (Phi) is 9.34. The molecule has 1 nitrogen and oxygen atoms in total. The van der Waals surface area contributed by atoms with Crippen LogP contribution in [0.2, 0.25) is 0 Å². The lowest BCUT2D eigenvalue weighted by Gasteiger charge is -2.19. The van der Waals surface area contributed by atoms with Crippen molar-refractivity contribution in [3.63, 3.8) is 0 Å². The van der Waals surface area contributed by atoms with Gasteiger partial charge in [-0.25, -0.2) is 0 Å². The van der Waals surface area contributed by atoms with E-state index in [1.807, 2.05) is 25.2 Å². The Morgan fingerprint density at radius 1 is 0.421 bits per heavy atom. The molecule has 0 atom stereocenters. The normalized spacial score (nSPS) is 11.7. The molecule has 270 valence electrons. The van der Waals surface area contributed by atoms with Crippen LogP contribution in [0.3, 0.4) is 0 Å². The molecule has 9 aromatic rings. The van der Waals surface area contributed by atoms with Gasteiger partial charge in [0.1, 0.15) is 0 Å². The van der Waals surface area contributed by atoms with Gasteiger partial charge in [0.2, 0.25) is 0 Å². The van der Waals surface area contributed by atoms with E-state index in [1.165, 1.54) is 76.6 Å². The van der Waals surface area contributed by atoms with Crippen LogP contribution in [0, 0.1) is 5.41 Å². The molecular weight excluding hydrogens is 687 g/mol. The monoisotopic (exact) mass is 727 g/mol. The third-order valence-corrected chi connectivity index (χ3v) is 11.1. The first kappa shape index (κ1) is 35.4. The van der Waals surface area contributed by atoms with Crippen LogP contribution in [-0.4, -0.2) is 5.71 Å². The molecule has 1 heteroatoms. The van der Waals surface area contributed by atoms with E-state index in [0.717, 1.165) is 22.1 Å². The molecule has 0 saturated carbocycles. The number of hydrogen-bond acceptors (Lipinski definition) is 1. The molecule has 57 heavy (non-hydrogen) atoms. The predicted octanol–water partition coefficient (Wildman–Crippen LogP) is 15.7. The van der Waals surface area contributed by atoms with E-state index in [2.05, 4.69) is 189 Å². The lowest BCUT2D eigenvalue weighted by atomic mass is 9.84. The molecule has 0 aromatic heterocycles. The fraction of sp³-hybridized carbons (Fsp3) is 0.0179. The van der Waals surface area contributed by atoms with Crippen molar-refractivity contribution in [2.24, 2.45) is 0 Å². The zero-order chi connectivity index (χ0) is 38.9. The SMILES string of the molecule is C=C(/C=C\C)C(=N)/C=C\C(=C)c1ccc2c(-c3ccc(-c4cccc5ccccc45)cc3)c3ccccc3c(-c3ccc(-c4cccc5ccccc45)cc3)c2c1. The van der Waals surface area contributed by atoms with Gasteiger partial charge < -0.3 is 5.41 Å². The van der Waals surface area contributed by atoms with Crippen LogP contribution in [0.15, 0.2) is 219 Å². The van der Waals surface area contributed by atoms with Crippen LogP contribution in [-0.2, 0) is 0 Å². The summed E-state index contributed by atoms with van der Waals surface area (Å²) in [5, 5.41) is 18.2. The average Bonchev–Trinajstić information content (AvgIpc) is 3.27. The van der Waals surface area contributed by atoms with Crippen LogP contribution >= 0.6 is 0 Å². The van der Waals surface area contributed by atoms with Crippen molar-refractivity contribution in [2.75, 3.05) is 0 Å². The molecule has 0 unspecified atom stereocenters. The van der Waals surface area contributed by atoms with E-state index in [4.69, 9.17) is 5.41 Å². The number of nitrogens with one attached hydrogen (secondary N) is 1. The Hall–Kier alpha value is -7.35. The summed E-state index contributed by atoms with van der Waals surface area (Å²) < 4.78 is 0. The summed E-state index contributed by atoms with van der Waals surface area (Å²) in [5.74, 6) is 0. The van der Waals surface area contributed by atoms with E-state index >= 15 is 0 Å².